The van der Waals surface area contributed by atoms with Crippen LogP contribution in [0.4, 0.5) is 0 Å². The summed E-state index contributed by atoms with van der Waals surface area (Å²) >= 11 is 0. The summed E-state index contributed by atoms with van der Waals surface area (Å²) in [5.41, 5.74) is 0.464. The maximum Gasteiger partial charge on any atom is 0.0477 e. The van der Waals surface area contributed by atoms with Crippen LogP contribution in [-0.4, -0.2) is 24.8 Å². The van der Waals surface area contributed by atoms with Gasteiger partial charge in [0.1, 0.15) is 0 Å². The molecular formula is C11H21NO. The van der Waals surface area contributed by atoms with Crippen LogP contribution >= 0.6 is 0 Å². The summed E-state index contributed by atoms with van der Waals surface area (Å²) in [5.74, 6) is 0.533. The fourth-order valence-electron chi connectivity index (χ4n) is 3.13. The molecule has 1 aliphatic heterocycles. The van der Waals surface area contributed by atoms with Crippen LogP contribution in [0.3, 0.4) is 0 Å². The highest BCUT2D eigenvalue weighted by Crippen LogP contribution is 2.43. The van der Waals surface area contributed by atoms with Crippen LogP contribution in [0, 0.1) is 11.3 Å². The van der Waals surface area contributed by atoms with Crippen LogP contribution in [0.15, 0.2) is 0 Å². The Balaban J connectivity index is 2.06. The topological polar surface area (TPSA) is 32.3 Å². The van der Waals surface area contributed by atoms with Crippen molar-refractivity contribution in [2.24, 2.45) is 11.3 Å². The lowest BCUT2D eigenvalue weighted by molar-refractivity contribution is 0.116. The van der Waals surface area contributed by atoms with Crippen LogP contribution in [0.1, 0.15) is 38.5 Å². The first kappa shape index (κ1) is 9.47. The van der Waals surface area contributed by atoms with Crippen molar-refractivity contribution < 1.29 is 5.11 Å². The van der Waals surface area contributed by atoms with E-state index < -0.39 is 0 Å². The van der Waals surface area contributed by atoms with Gasteiger partial charge in [-0.3, -0.25) is 0 Å². The summed E-state index contributed by atoms with van der Waals surface area (Å²) in [5, 5.41) is 12.8. The molecule has 2 nitrogen and oxygen atoms in total. The molecule has 2 fully saturated rings. The molecule has 1 saturated carbocycles. The van der Waals surface area contributed by atoms with Gasteiger partial charge in [0.15, 0.2) is 0 Å². The van der Waals surface area contributed by atoms with Gasteiger partial charge in [0.05, 0.1) is 0 Å². The summed E-state index contributed by atoms with van der Waals surface area (Å²) in [7, 11) is 0. The normalized spacial score (nSPS) is 33.5. The minimum Gasteiger partial charge on any atom is -0.396 e. The first-order valence-corrected chi connectivity index (χ1v) is 5.69. The Hall–Kier alpha value is -0.0800. The molecule has 1 saturated heterocycles. The third-order valence-electron chi connectivity index (χ3n) is 4.05. The lowest BCUT2D eigenvalue weighted by Crippen LogP contribution is -2.31. The summed E-state index contributed by atoms with van der Waals surface area (Å²) in [6.45, 7) is 2.57. The van der Waals surface area contributed by atoms with E-state index in [9.17, 15) is 5.11 Å². The highest BCUT2D eigenvalue weighted by molar-refractivity contribution is 4.95. The molecule has 1 atom stereocenters. The van der Waals surface area contributed by atoms with E-state index in [1.807, 2.05) is 0 Å². The second kappa shape index (κ2) is 3.97. The zero-order chi connectivity index (χ0) is 9.15. The molecule has 2 N–H and O–H groups in total. The predicted molar refractivity (Wildman–Crippen MR) is 53.6 cm³/mol. The van der Waals surface area contributed by atoms with Gasteiger partial charge >= 0.3 is 0 Å². The van der Waals surface area contributed by atoms with E-state index in [4.69, 9.17) is 0 Å². The Morgan fingerprint density at radius 3 is 2.46 bits per heavy atom. The fraction of sp³-hybridized carbons (Fsp3) is 1.00. The van der Waals surface area contributed by atoms with Crippen molar-refractivity contribution in [2.75, 3.05) is 19.7 Å². The average Bonchev–Trinajstić information content (AvgIpc) is 2.37. The van der Waals surface area contributed by atoms with Gasteiger partial charge in [-0.05, 0) is 18.3 Å². The Morgan fingerprint density at radius 2 is 1.85 bits per heavy atom. The molecule has 0 aromatic rings. The molecule has 1 spiro atoms. The van der Waals surface area contributed by atoms with Gasteiger partial charge in [0.2, 0.25) is 0 Å². The summed E-state index contributed by atoms with van der Waals surface area (Å²) in [4.78, 5) is 0. The maximum absolute atomic E-state index is 9.34. The SMILES string of the molecule is OC[C@H]1CNCC12CCCCCC2. The second-order valence-corrected chi connectivity index (χ2v) is 4.79. The molecule has 0 aromatic carbocycles. The van der Waals surface area contributed by atoms with E-state index in [0.29, 0.717) is 17.9 Å². The highest BCUT2D eigenvalue weighted by Gasteiger charge is 2.41. The lowest BCUT2D eigenvalue weighted by atomic mass is 9.72. The molecule has 0 unspecified atom stereocenters. The van der Waals surface area contributed by atoms with Crippen molar-refractivity contribution in [1.82, 2.24) is 5.32 Å². The van der Waals surface area contributed by atoms with Crippen molar-refractivity contribution >= 4 is 0 Å². The minimum atomic E-state index is 0.382. The second-order valence-electron chi connectivity index (χ2n) is 4.79. The van der Waals surface area contributed by atoms with E-state index in [0.717, 1.165) is 13.1 Å². The molecule has 0 radical (unpaired) electrons. The Labute approximate surface area is 80.7 Å². The number of aliphatic hydroxyl groups excluding tert-OH is 1. The molecule has 2 rings (SSSR count). The molecule has 76 valence electrons. The van der Waals surface area contributed by atoms with E-state index >= 15 is 0 Å². The lowest BCUT2D eigenvalue weighted by Gasteiger charge is -2.32. The summed E-state index contributed by atoms with van der Waals surface area (Å²) in [6, 6.07) is 0. The molecule has 1 heterocycles. The Kier molecular flexibility index (Phi) is 2.89. The van der Waals surface area contributed by atoms with Gasteiger partial charge in [-0.2, -0.15) is 0 Å². The number of hydrogen-bond acceptors (Lipinski definition) is 2. The van der Waals surface area contributed by atoms with Gasteiger partial charge in [0, 0.05) is 25.6 Å². The summed E-state index contributed by atoms with van der Waals surface area (Å²) < 4.78 is 0. The molecule has 13 heavy (non-hydrogen) atoms. The average molecular weight is 183 g/mol. The van der Waals surface area contributed by atoms with Gasteiger partial charge < -0.3 is 10.4 Å². The van der Waals surface area contributed by atoms with E-state index in [1.165, 1.54) is 38.5 Å². The molecule has 0 aromatic heterocycles. The first-order chi connectivity index (χ1) is 6.37. The van der Waals surface area contributed by atoms with E-state index in [1.54, 1.807) is 0 Å². The van der Waals surface area contributed by atoms with Gasteiger partial charge in [-0.1, -0.05) is 25.7 Å². The van der Waals surface area contributed by atoms with Crippen molar-refractivity contribution in [3.05, 3.63) is 0 Å². The quantitative estimate of drug-likeness (QED) is 0.646. The highest BCUT2D eigenvalue weighted by atomic mass is 16.3. The molecule has 0 amide bonds. The van der Waals surface area contributed by atoms with Crippen LogP contribution in [-0.2, 0) is 0 Å². The monoisotopic (exact) mass is 183 g/mol. The molecular weight excluding hydrogens is 162 g/mol. The van der Waals surface area contributed by atoms with Gasteiger partial charge in [0.25, 0.3) is 0 Å². The number of hydrogen-bond donors (Lipinski definition) is 2. The van der Waals surface area contributed by atoms with E-state index in [-0.39, 0.29) is 0 Å². The van der Waals surface area contributed by atoms with E-state index in [2.05, 4.69) is 5.32 Å². The van der Waals surface area contributed by atoms with Crippen molar-refractivity contribution in [3.63, 3.8) is 0 Å². The van der Waals surface area contributed by atoms with Crippen molar-refractivity contribution in [2.45, 2.75) is 38.5 Å². The van der Waals surface area contributed by atoms with Crippen LogP contribution in [0.5, 0.6) is 0 Å². The largest absolute Gasteiger partial charge is 0.396 e. The Morgan fingerprint density at radius 1 is 1.15 bits per heavy atom. The predicted octanol–water partition coefficient (Wildman–Crippen LogP) is 1.54. The standard InChI is InChI=1S/C11H21NO/c13-8-10-7-12-9-11(10)5-3-1-2-4-6-11/h10,12-13H,1-9H2/t10-/m1/s1. The minimum absolute atomic E-state index is 0.382. The number of nitrogens with one attached hydrogen (secondary N) is 1. The van der Waals surface area contributed by atoms with Gasteiger partial charge in [-0.15, -0.1) is 0 Å². The smallest absolute Gasteiger partial charge is 0.0477 e. The Bertz CT molecular complexity index is 161. The maximum atomic E-state index is 9.34. The third kappa shape index (κ3) is 1.75. The molecule has 0 bridgehead atoms. The third-order valence-corrected chi connectivity index (χ3v) is 4.05. The molecule has 2 aliphatic rings. The zero-order valence-corrected chi connectivity index (χ0v) is 8.39. The zero-order valence-electron chi connectivity index (χ0n) is 8.39. The number of aliphatic hydroxyl groups is 1. The van der Waals surface area contributed by atoms with Gasteiger partial charge in [-0.25, -0.2) is 0 Å². The molecule has 2 heteroatoms. The van der Waals surface area contributed by atoms with Crippen LogP contribution < -0.4 is 5.32 Å². The molecule has 1 aliphatic carbocycles. The van der Waals surface area contributed by atoms with Crippen LogP contribution in [0.25, 0.3) is 0 Å². The first-order valence-electron chi connectivity index (χ1n) is 5.69. The van der Waals surface area contributed by atoms with Crippen molar-refractivity contribution in [3.8, 4) is 0 Å². The fourth-order valence-corrected chi connectivity index (χ4v) is 3.13. The van der Waals surface area contributed by atoms with Crippen molar-refractivity contribution in [1.29, 1.82) is 0 Å². The summed E-state index contributed by atoms with van der Waals surface area (Å²) in [6.07, 6.45) is 8.23. The van der Waals surface area contributed by atoms with Crippen LogP contribution in [0.2, 0.25) is 0 Å². The number of rotatable bonds is 1.